The first-order chi connectivity index (χ1) is 14.2. The SMILES string of the molecule is O=C(NN=Cc1c[nH]c2ccc(Br)cc12)c1ccccc1OCc1ccccc1. The summed E-state index contributed by atoms with van der Waals surface area (Å²) in [5, 5.41) is 5.13. The van der Waals surface area contributed by atoms with Crippen LogP contribution < -0.4 is 10.2 Å². The third-order valence-corrected chi connectivity index (χ3v) is 4.91. The van der Waals surface area contributed by atoms with Crippen molar-refractivity contribution < 1.29 is 9.53 Å². The van der Waals surface area contributed by atoms with Crippen LogP contribution in [0.15, 0.2) is 88.6 Å². The van der Waals surface area contributed by atoms with Crippen LogP contribution >= 0.6 is 15.9 Å². The van der Waals surface area contributed by atoms with E-state index in [0.717, 1.165) is 26.5 Å². The van der Waals surface area contributed by atoms with Gasteiger partial charge in [-0.25, -0.2) is 5.43 Å². The second-order valence-corrected chi connectivity index (χ2v) is 7.32. The molecule has 0 saturated carbocycles. The molecule has 1 heterocycles. The Morgan fingerprint density at radius 3 is 2.72 bits per heavy atom. The molecule has 1 amide bonds. The van der Waals surface area contributed by atoms with E-state index < -0.39 is 0 Å². The lowest BCUT2D eigenvalue weighted by molar-refractivity contribution is 0.0950. The van der Waals surface area contributed by atoms with Gasteiger partial charge in [-0.05, 0) is 35.9 Å². The summed E-state index contributed by atoms with van der Waals surface area (Å²) < 4.78 is 6.82. The van der Waals surface area contributed by atoms with E-state index in [9.17, 15) is 4.79 Å². The van der Waals surface area contributed by atoms with Crippen molar-refractivity contribution in [2.45, 2.75) is 6.61 Å². The number of carbonyl (C=O) groups excluding carboxylic acids is 1. The minimum Gasteiger partial charge on any atom is -0.488 e. The number of aromatic nitrogens is 1. The molecular weight excluding hydrogens is 430 g/mol. The number of ether oxygens (including phenoxy) is 1. The molecule has 0 unspecified atom stereocenters. The number of nitrogens with zero attached hydrogens (tertiary/aromatic N) is 1. The molecule has 0 bridgehead atoms. The standard InChI is InChI=1S/C23H18BrN3O2/c24-18-10-11-21-20(12-18)17(13-25-21)14-26-27-23(28)19-8-4-5-9-22(19)29-15-16-6-2-1-3-7-16/h1-14,25H,15H2,(H,27,28). The van der Waals surface area contributed by atoms with Crippen LogP contribution in [0.3, 0.4) is 0 Å². The number of hydrogen-bond acceptors (Lipinski definition) is 3. The van der Waals surface area contributed by atoms with Gasteiger partial charge in [0.1, 0.15) is 12.4 Å². The van der Waals surface area contributed by atoms with Crippen molar-refractivity contribution in [1.29, 1.82) is 0 Å². The number of halogens is 1. The van der Waals surface area contributed by atoms with E-state index in [0.29, 0.717) is 17.9 Å². The van der Waals surface area contributed by atoms with Crippen molar-refractivity contribution in [3.63, 3.8) is 0 Å². The van der Waals surface area contributed by atoms with Crippen LogP contribution in [0.2, 0.25) is 0 Å². The summed E-state index contributed by atoms with van der Waals surface area (Å²) in [5.74, 6) is 0.186. The summed E-state index contributed by atoms with van der Waals surface area (Å²) in [4.78, 5) is 15.8. The highest BCUT2D eigenvalue weighted by Crippen LogP contribution is 2.22. The molecule has 4 rings (SSSR count). The third kappa shape index (κ3) is 4.55. The molecule has 0 saturated heterocycles. The minimum atomic E-state index is -0.328. The highest BCUT2D eigenvalue weighted by Gasteiger charge is 2.11. The van der Waals surface area contributed by atoms with E-state index in [4.69, 9.17) is 4.74 Å². The van der Waals surface area contributed by atoms with Gasteiger partial charge in [0.05, 0.1) is 11.8 Å². The zero-order valence-corrected chi connectivity index (χ0v) is 17.0. The number of amides is 1. The number of nitrogens with one attached hydrogen (secondary N) is 2. The Morgan fingerprint density at radius 1 is 1.07 bits per heavy atom. The molecule has 0 fully saturated rings. The van der Waals surface area contributed by atoms with Gasteiger partial charge in [0, 0.05) is 27.1 Å². The van der Waals surface area contributed by atoms with Crippen LogP contribution in [-0.4, -0.2) is 17.1 Å². The highest BCUT2D eigenvalue weighted by atomic mass is 79.9. The summed E-state index contributed by atoms with van der Waals surface area (Å²) >= 11 is 3.47. The monoisotopic (exact) mass is 447 g/mol. The maximum atomic E-state index is 12.6. The molecule has 5 nitrogen and oxygen atoms in total. The van der Waals surface area contributed by atoms with Crippen molar-refractivity contribution in [2.75, 3.05) is 0 Å². The molecule has 144 valence electrons. The maximum absolute atomic E-state index is 12.6. The van der Waals surface area contributed by atoms with Gasteiger partial charge in [0.2, 0.25) is 0 Å². The molecule has 2 N–H and O–H groups in total. The molecule has 0 radical (unpaired) electrons. The number of H-pyrrole nitrogens is 1. The fourth-order valence-corrected chi connectivity index (χ4v) is 3.32. The topological polar surface area (TPSA) is 66.5 Å². The van der Waals surface area contributed by atoms with Crippen molar-refractivity contribution >= 4 is 39.0 Å². The van der Waals surface area contributed by atoms with Gasteiger partial charge in [0.25, 0.3) is 5.91 Å². The van der Waals surface area contributed by atoms with E-state index in [2.05, 4.69) is 31.4 Å². The molecule has 0 atom stereocenters. The number of fused-ring (bicyclic) bond motifs is 1. The van der Waals surface area contributed by atoms with Crippen molar-refractivity contribution in [2.24, 2.45) is 5.10 Å². The second-order valence-electron chi connectivity index (χ2n) is 6.40. The van der Waals surface area contributed by atoms with Gasteiger partial charge < -0.3 is 9.72 Å². The van der Waals surface area contributed by atoms with E-state index in [1.54, 1.807) is 24.4 Å². The minimum absolute atomic E-state index is 0.328. The fourth-order valence-electron chi connectivity index (χ4n) is 2.96. The van der Waals surface area contributed by atoms with Crippen molar-refractivity contribution in [3.8, 4) is 5.75 Å². The van der Waals surface area contributed by atoms with E-state index in [-0.39, 0.29) is 5.91 Å². The number of aromatic amines is 1. The largest absolute Gasteiger partial charge is 0.488 e. The molecule has 0 aliphatic rings. The Labute approximate surface area is 176 Å². The maximum Gasteiger partial charge on any atom is 0.275 e. The predicted octanol–water partition coefficient (Wildman–Crippen LogP) is 5.27. The molecule has 0 aliphatic carbocycles. The number of benzene rings is 3. The van der Waals surface area contributed by atoms with E-state index in [1.807, 2.05) is 60.8 Å². The number of para-hydroxylation sites is 1. The van der Waals surface area contributed by atoms with E-state index >= 15 is 0 Å². The Bertz CT molecular complexity index is 1170. The molecule has 6 heteroatoms. The first kappa shape index (κ1) is 19.0. The van der Waals surface area contributed by atoms with Crippen LogP contribution in [0.1, 0.15) is 21.5 Å². The highest BCUT2D eigenvalue weighted by molar-refractivity contribution is 9.10. The van der Waals surface area contributed by atoms with Gasteiger partial charge in [-0.3, -0.25) is 4.79 Å². The molecule has 3 aromatic carbocycles. The average Bonchev–Trinajstić information content (AvgIpc) is 3.15. The number of hydrogen-bond donors (Lipinski definition) is 2. The zero-order chi connectivity index (χ0) is 20.1. The van der Waals surface area contributed by atoms with Gasteiger partial charge in [-0.15, -0.1) is 0 Å². The first-order valence-electron chi connectivity index (χ1n) is 9.06. The van der Waals surface area contributed by atoms with Crippen molar-refractivity contribution in [3.05, 3.63) is 100 Å². The average molecular weight is 448 g/mol. The van der Waals surface area contributed by atoms with Gasteiger partial charge in [0.15, 0.2) is 0 Å². The normalized spacial score (nSPS) is 11.1. The smallest absolute Gasteiger partial charge is 0.275 e. The number of carbonyl (C=O) groups is 1. The Balaban J connectivity index is 1.45. The van der Waals surface area contributed by atoms with Crippen LogP contribution in [0, 0.1) is 0 Å². The van der Waals surface area contributed by atoms with Crippen LogP contribution in [0.4, 0.5) is 0 Å². The van der Waals surface area contributed by atoms with Crippen LogP contribution in [-0.2, 0) is 6.61 Å². The number of hydrazone groups is 1. The predicted molar refractivity (Wildman–Crippen MR) is 118 cm³/mol. The summed E-state index contributed by atoms with van der Waals surface area (Å²) in [6.45, 7) is 0.388. The number of rotatable bonds is 6. The summed E-state index contributed by atoms with van der Waals surface area (Å²) in [6, 6.07) is 22.9. The lowest BCUT2D eigenvalue weighted by atomic mass is 10.2. The Morgan fingerprint density at radius 2 is 1.86 bits per heavy atom. The fraction of sp³-hybridized carbons (Fsp3) is 0.0435. The van der Waals surface area contributed by atoms with Gasteiger partial charge in [-0.2, -0.15) is 5.10 Å². The first-order valence-corrected chi connectivity index (χ1v) is 9.86. The van der Waals surface area contributed by atoms with Crippen molar-refractivity contribution in [1.82, 2.24) is 10.4 Å². The van der Waals surface area contributed by atoms with Gasteiger partial charge >= 0.3 is 0 Å². The molecule has 29 heavy (non-hydrogen) atoms. The quantitative estimate of drug-likeness (QED) is 0.312. The molecule has 4 aromatic rings. The third-order valence-electron chi connectivity index (χ3n) is 4.41. The second kappa shape index (κ2) is 8.75. The Kier molecular flexibility index (Phi) is 5.72. The molecule has 1 aromatic heterocycles. The van der Waals surface area contributed by atoms with Gasteiger partial charge in [-0.1, -0.05) is 58.4 Å². The van der Waals surface area contributed by atoms with Crippen LogP contribution in [0.25, 0.3) is 10.9 Å². The summed E-state index contributed by atoms with van der Waals surface area (Å²) in [6.07, 6.45) is 3.47. The summed E-state index contributed by atoms with van der Waals surface area (Å²) in [5.41, 5.74) is 5.93. The van der Waals surface area contributed by atoms with E-state index in [1.165, 1.54) is 0 Å². The lowest BCUT2D eigenvalue weighted by Crippen LogP contribution is -2.18. The lowest BCUT2D eigenvalue weighted by Gasteiger charge is -2.10. The molecular formula is C23H18BrN3O2. The molecule has 0 aliphatic heterocycles. The summed E-state index contributed by atoms with van der Waals surface area (Å²) in [7, 11) is 0. The Hall–Kier alpha value is -3.38. The molecule has 0 spiro atoms. The zero-order valence-electron chi connectivity index (χ0n) is 15.4. The van der Waals surface area contributed by atoms with Crippen LogP contribution in [0.5, 0.6) is 5.75 Å².